The van der Waals surface area contributed by atoms with Gasteiger partial charge in [-0.15, -0.1) is 0 Å². The summed E-state index contributed by atoms with van der Waals surface area (Å²) in [5, 5.41) is 2.25. The van der Waals surface area contributed by atoms with Crippen molar-refractivity contribution in [2.45, 2.75) is 25.4 Å². The lowest BCUT2D eigenvalue weighted by Crippen LogP contribution is -2.52. The van der Waals surface area contributed by atoms with Crippen molar-refractivity contribution in [1.82, 2.24) is 15.2 Å². The molecule has 1 saturated heterocycles. The number of hydrogen-bond donors (Lipinski definition) is 2. The molecule has 1 unspecified atom stereocenters. The highest BCUT2D eigenvalue weighted by Crippen LogP contribution is 2.33. The Balaban J connectivity index is 1.67. The Morgan fingerprint density at radius 3 is 2.79 bits per heavy atom. The van der Waals surface area contributed by atoms with Crippen molar-refractivity contribution < 1.29 is 18.8 Å². The first-order valence-corrected chi connectivity index (χ1v) is 8.50. The normalized spacial score (nSPS) is 18.6. The van der Waals surface area contributed by atoms with E-state index in [0.717, 1.165) is 6.07 Å². The van der Waals surface area contributed by atoms with Crippen molar-refractivity contribution >= 4 is 29.2 Å². The van der Waals surface area contributed by atoms with E-state index in [0.29, 0.717) is 16.7 Å². The number of fused-ring (bicyclic) bond motifs is 1. The number of nitrogens with one attached hydrogen (secondary N) is 1. The zero-order chi connectivity index (χ0) is 20.0. The predicted molar refractivity (Wildman–Crippen MR) is 96.4 cm³/mol. The molecule has 1 aromatic carbocycles. The summed E-state index contributed by atoms with van der Waals surface area (Å²) in [6, 6.07) is 5.04. The van der Waals surface area contributed by atoms with E-state index >= 15 is 0 Å². The van der Waals surface area contributed by atoms with Crippen LogP contribution in [-0.4, -0.2) is 33.6 Å². The number of piperidine rings is 1. The minimum Gasteiger partial charge on any atom is -0.392 e. The van der Waals surface area contributed by atoms with Crippen molar-refractivity contribution in [1.29, 1.82) is 0 Å². The molecule has 1 aromatic heterocycles. The SMILES string of the molecule is [C-]#[N+]c1cc(F)c(-c2ccc3c(c2)CN(C2CCC(=O)NC2=O)C3=O)nc1N. The summed E-state index contributed by atoms with van der Waals surface area (Å²) >= 11 is 0. The summed E-state index contributed by atoms with van der Waals surface area (Å²) in [5.74, 6) is -1.92. The molecule has 9 heteroatoms. The predicted octanol–water partition coefficient (Wildman–Crippen LogP) is 1.78. The van der Waals surface area contributed by atoms with Crippen molar-refractivity contribution in [3.8, 4) is 11.3 Å². The smallest absolute Gasteiger partial charge is 0.255 e. The largest absolute Gasteiger partial charge is 0.392 e. The quantitative estimate of drug-likeness (QED) is 0.611. The minimum atomic E-state index is -0.718. The third-order valence-corrected chi connectivity index (χ3v) is 4.90. The van der Waals surface area contributed by atoms with Crippen LogP contribution in [-0.2, 0) is 16.1 Å². The number of pyridine rings is 1. The van der Waals surface area contributed by atoms with Gasteiger partial charge in [-0.1, -0.05) is 6.07 Å². The van der Waals surface area contributed by atoms with Gasteiger partial charge in [-0.25, -0.2) is 14.2 Å². The number of benzene rings is 1. The molecule has 2 aliphatic rings. The maximum atomic E-state index is 14.4. The Morgan fingerprint density at radius 2 is 2.07 bits per heavy atom. The second-order valence-electron chi connectivity index (χ2n) is 6.61. The van der Waals surface area contributed by atoms with Crippen LogP contribution in [0, 0.1) is 12.4 Å². The number of nitrogens with zero attached hydrogens (tertiary/aromatic N) is 3. The fraction of sp³-hybridized carbons (Fsp3) is 0.211. The summed E-state index contributed by atoms with van der Waals surface area (Å²) in [7, 11) is 0. The number of nitrogen functional groups attached to an aromatic ring is 1. The summed E-state index contributed by atoms with van der Waals surface area (Å²) in [6.45, 7) is 7.14. The van der Waals surface area contributed by atoms with E-state index in [4.69, 9.17) is 12.3 Å². The number of halogens is 1. The van der Waals surface area contributed by atoms with E-state index in [2.05, 4.69) is 15.1 Å². The first-order chi connectivity index (χ1) is 13.4. The van der Waals surface area contributed by atoms with Gasteiger partial charge in [0.05, 0.1) is 6.57 Å². The molecule has 0 spiro atoms. The Labute approximate surface area is 159 Å². The maximum absolute atomic E-state index is 14.4. The van der Waals surface area contributed by atoms with Crippen LogP contribution in [0.25, 0.3) is 16.1 Å². The lowest BCUT2D eigenvalue weighted by atomic mass is 10.0. The Kier molecular flexibility index (Phi) is 4.04. The van der Waals surface area contributed by atoms with E-state index in [1.54, 1.807) is 18.2 Å². The molecule has 140 valence electrons. The topological polar surface area (TPSA) is 110 Å². The van der Waals surface area contributed by atoms with Gasteiger partial charge in [0.2, 0.25) is 17.5 Å². The Hall–Kier alpha value is -3.80. The molecule has 0 aliphatic carbocycles. The maximum Gasteiger partial charge on any atom is 0.255 e. The van der Waals surface area contributed by atoms with Crippen LogP contribution in [0.5, 0.6) is 0 Å². The fourth-order valence-electron chi connectivity index (χ4n) is 3.51. The van der Waals surface area contributed by atoms with Crippen LogP contribution in [0.3, 0.4) is 0 Å². The van der Waals surface area contributed by atoms with E-state index in [9.17, 15) is 18.8 Å². The second kappa shape index (κ2) is 6.42. The summed E-state index contributed by atoms with van der Waals surface area (Å²) in [6.07, 6.45) is 0.436. The van der Waals surface area contributed by atoms with Crippen LogP contribution in [0.1, 0.15) is 28.8 Å². The van der Waals surface area contributed by atoms with E-state index in [1.165, 1.54) is 4.90 Å². The Bertz CT molecular complexity index is 1090. The molecule has 28 heavy (non-hydrogen) atoms. The van der Waals surface area contributed by atoms with Crippen molar-refractivity contribution in [3.05, 3.63) is 52.6 Å². The first kappa shape index (κ1) is 17.6. The molecule has 1 fully saturated rings. The molecule has 3 N–H and O–H groups in total. The van der Waals surface area contributed by atoms with Gasteiger partial charge in [0.25, 0.3) is 5.91 Å². The van der Waals surface area contributed by atoms with Gasteiger partial charge in [0, 0.05) is 24.1 Å². The number of amides is 3. The van der Waals surface area contributed by atoms with Gasteiger partial charge in [0.15, 0.2) is 0 Å². The summed E-state index contributed by atoms with van der Waals surface area (Å²) < 4.78 is 14.4. The third-order valence-electron chi connectivity index (χ3n) is 4.90. The monoisotopic (exact) mass is 379 g/mol. The van der Waals surface area contributed by atoms with Gasteiger partial charge in [0.1, 0.15) is 23.4 Å². The molecule has 2 aliphatic heterocycles. The van der Waals surface area contributed by atoms with Gasteiger partial charge >= 0.3 is 0 Å². The lowest BCUT2D eigenvalue weighted by Gasteiger charge is -2.29. The average Bonchev–Trinajstić information content (AvgIpc) is 2.99. The van der Waals surface area contributed by atoms with Gasteiger partial charge in [-0.3, -0.25) is 19.7 Å². The summed E-state index contributed by atoms with van der Waals surface area (Å²) in [5.41, 5.74) is 7.07. The van der Waals surface area contributed by atoms with Crippen LogP contribution in [0.2, 0.25) is 0 Å². The van der Waals surface area contributed by atoms with Crippen LogP contribution in [0.15, 0.2) is 24.3 Å². The molecular weight excluding hydrogens is 365 g/mol. The molecule has 2 aromatic rings. The number of carbonyl (C=O) groups excluding carboxylic acids is 3. The number of carbonyl (C=O) groups is 3. The molecule has 1 atom stereocenters. The average molecular weight is 379 g/mol. The highest BCUT2D eigenvalue weighted by atomic mass is 19.1. The molecule has 0 bridgehead atoms. The third kappa shape index (κ3) is 2.75. The van der Waals surface area contributed by atoms with Gasteiger partial charge < -0.3 is 10.6 Å². The molecular formula is C19H14FN5O3. The summed E-state index contributed by atoms with van der Waals surface area (Å²) in [4.78, 5) is 44.6. The number of imide groups is 1. The number of rotatable bonds is 2. The molecule has 0 saturated carbocycles. The first-order valence-electron chi connectivity index (χ1n) is 8.50. The molecule has 8 nitrogen and oxygen atoms in total. The van der Waals surface area contributed by atoms with Crippen LogP contribution < -0.4 is 11.1 Å². The van der Waals surface area contributed by atoms with Crippen molar-refractivity contribution in [3.63, 3.8) is 0 Å². The fourth-order valence-corrected chi connectivity index (χ4v) is 3.51. The minimum absolute atomic E-state index is 0.0143. The number of aromatic nitrogens is 1. The zero-order valence-electron chi connectivity index (χ0n) is 14.5. The zero-order valence-corrected chi connectivity index (χ0v) is 14.5. The molecule has 3 heterocycles. The van der Waals surface area contributed by atoms with Gasteiger partial charge in [-0.2, -0.15) is 0 Å². The number of anilines is 1. The van der Waals surface area contributed by atoms with Crippen LogP contribution >= 0.6 is 0 Å². The second-order valence-corrected chi connectivity index (χ2v) is 6.61. The van der Waals surface area contributed by atoms with E-state index in [1.807, 2.05) is 0 Å². The van der Waals surface area contributed by atoms with Crippen LogP contribution in [0.4, 0.5) is 15.9 Å². The number of hydrogen-bond acceptors (Lipinski definition) is 5. The van der Waals surface area contributed by atoms with Crippen molar-refractivity contribution in [2.24, 2.45) is 0 Å². The lowest BCUT2D eigenvalue weighted by molar-refractivity contribution is -0.136. The highest BCUT2D eigenvalue weighted by molar-refractivity contribution is 6.05. The molecule has 3 amide bonds. The highest BCUT2D eigenvalue weighted by Gasteiger charge is 2.39. The Morgan fingerprint density at radius 1 is 1.29 bits per heavy atom. The van der Waals surface area contributed by atoms with Gasteiger partial charge in [-0.05, 0) is 30.2 Å². The van der Waals surface area contributed by atoms with Crippen molar-refractivity contribution in [2.75, 3.05) is 5.73 Å². The molecule has 4 rings (SSSR count). The standard InChI is InChI=1S/C19H14FN5O3/c1-22-13-7-12(20)16(24-17(13)21)9-2-3-11-10(6-9)8-25(19(11)28)14-4-5-15(26)23-18(14)27/h2-3,6-7,14H,4-5,8H2,(H2,21,24)(H,23,26,27). The van der Waals surface area contributed by atoms with E-state index < -0.39 is 17.8 Å². The van der Waals surface area contributed by atoms with E-state index in [-0.39, 0.29) is 48.4 Å². The molecule has 0 radical (unpaired) electrons. The number of nitrogens with two attached hydrogens (primary N) is 1.